The first kappa shape index (κ1) is 9.98. The van der Waals surface area contributed by atoms with Gasteiger partial charge in [0.1, 0.15) is 5.01 Å². The Balaban J connectivity index is 2.42. The number of hydrogen-bond donors (Lipinski definition) is 1. The summed E-state index contributed by atoms with van der Waals surface area (Å²) in [4.78, 5) is 15.1. The third-order valence-electron chi connectivity index (χ3n) is 1.43. The fourth-order valence-electron chi connectivity index (χ4n) is 0.860. The lowest BCUT2D eigenvalue weighted by atomic mass is 10.4. The molecule has 1 rings (SSSR count). The molecule has 4 nitrogen and oxygen atoms in total. The summed E-state index contributed by atoms with van der Waals surface area (Å²) in [5.41, 5.74) is 0. The maximum Gasteiger partial charge on any atom is 0.407 e. The van der Waals surface area contributed by atoms with Gasteiger partial charge in [-0.1, -0.05) is 0 Å². The van der Waals surface area contributed by atoms with E-state index in [1.54, 1.807) is 13.1 Å². The number of carbonyl (C=O) groups is 1. The number of amides is 1. The van der Waals surface area contributed by atoms with E-state index in [2.05, 4.69) is 10.3 Å². The van der Waals surface area contributed by atoms with Crippen molar-refractivity contribution >= 4 is 17.4 Å². The van der Waals surface area contributed by atoms with E-state index in [1.807, 2.05) is 12.3 Å². The van der Waals surface area contributed by atoms with E-state index in [1.165, 1.54) is 11.3 Å². The minimum absolute atomic E-state index is 0.0842. The standard InChI is InChI=1S/C8H12N2O2S/c1-3-12-8(11)10-6(2)7-9-4-5-13-7/h4-6H,3H2,1-2H3,(H,10,11). The summed E-state index contributed by atoms with van der Waals surface area (Å²) < 4.78 is 4.74. The van der Waals surface area contributed by atoms with Crippen LogP contribution in [0.1, 0.15) is 24.9 Å². The largest absolute Gasteiger partial charge is 0.450 e. The summed E-state index contributed by atoms with van der Waals surface area (Å²) in [7, 11) is 0. The smallest absolute Gasteiger partial charge is 0.407 e. The van der Waals surface area contributed by atoms with Gasteiger partial charge in [-0.3, -0.25) is 0 Å². The van der Waals surface area contributed by atoms with Crippen LogP contribution in [-0.2, 0) is 4.74 Å². The predicted molar refractivity (Wildman–Crippen MR) is 50.7 cm³/mol. The third-order valence-corrected chi connectivity index (χ3v) is 2.39. The molecule has 1 aromatic heterocycles. The topological polar surface area (TPSA) is 51.2 Å². The van der Waals surface area contributed by atoms with Gasteiger partial charge in [-0.25, -0.2) is 9.78 Å². The Morgan fingerprint density at radius 1 is 1.85 bits per heavy atom. The fourth-order valence-corrected chi connectivity index (χ4v) is 1.51. The van der Waals surface area contributed by atoms with E-state index < -0.39 is 6.09 Å². The van der Waals surface area contributed by atoms with E-state index in [0.717, 1.165) is 5.01 Å². The number of alkyl carbamates (subject to hydrolysis) is 1. The lowest BCUT2D eigenvalue weighted by Gasteiger charge is -2.10. The molecule has 13 heavy (non-hydrogen) atoms. The van der Waals surface area contributed by atoms with Crippen molar-refractivity contribution < 1.29 is 9.53 Å². The van der Waals surface area contributed by atoms with Crippen LogP contribution in [0, 0.1) is 0 Å². The van der Waals surface area contributed by atoms with Gasteiger partial charge < -0.3 is 10.1 Å². The van der Waals surface area contributed by atoms with Crippen LogP contribution in [0.3, 0.4) is 0 Å². The molecule has 1 heterocycles. The summed E-state index contributed by atoms with van der Waals surface area (Å²) in [6.45, 7) is 4.03. The van der Waals surface area contributed by atoms with Crippen LogP contribution in [0.25, 0.3) is 0 Å². The quantitative estimate of drug-likeness (QED) is 0.811. The Morgan fingerprint density at radius 2 is 2.62 bits per heavy atom. The van der Waals surface area contributed by atoms with E-state index in [9.17, 15) is 4.79 Å². The Hall–Kier alpha value is -1.10. The lowest BCUT2D eigenvalue weighted by molar-refractivity contribution is 0.149. The molecule has 72 valence electrons. The molecule has 1 aromatic rings. The van der Waals surface area contributed by atoms with Gasteiger partial charge in [0, 0.05) is 11.6 Å². The molecule has 0 bridgehead atoms. The Labute approximate surface area is 80.9 Å². The van der Waals surface area contributed by atoms with Crippen LogP contribution in [0.4, 0.5) is 4.79 Å². The van der Waals surface area contributed by atoms with Crippen molar-refractivity contribution in [2.45, 2.75) is 19.9 Å². The van der Waals surface area contributed by atoms with Crippen LogP contribution in [0.15, 0.2) is 11.6 Å². The second-order valence-corrected chi connectivity index (χ2v) is 3.38. The maximum absolute atomic E-state index is 11.0. The van der Waals surface area contributed by atoms with E-state index >= 15 is 0 Å². The average molecular weight is 200 g/mol. The molecular weight excluding hydrogens is 188 g/mol. The average Bonchev–Trinajstić information content (AvgIpc) is 2.55. The molecule has 1 unspecified atom stereocenters. The van der Waals surface area contributed by atoms with Gasteiger partial charge in [-0.05, 0) is 13.8 Å². The number of ether oxygens (including phenoxy) is 1. The highest BCUT2D eigenvalue weighted by atomic mass is 32.1. The zero-order valence-corrected chi connectivity index (χ0v) is 8.43. The lowest BCUT2D eigenvalue weighted by Crippen LogP contribution is -2.27. The first-order valence-corrected chi connectivity index (χ1v) is 4.94. The van der Waals surface area contributed by atoms with Crippen molar-refractivity contribution in [2.75, 3.05) is 6.61 Å². The minimum atomic E-state index is -0.398. The molecule has 1 amide bonds. The van der Waals surface area contributed by atoms with Gasteiger partial charge in [-0.2, -0.15) is 0 Å². The number of nitrogens with one attached hydrogen (secondary N) is 1. The van der Waals surface area contributed by atoms with Gasteiger partial charge in [0.05, 0.1) is 12.6 Å². The Kier molecular flexibility index (Phi) is 3.70. The van der Waals surface area contributed by atoms with E-state index in [0.29, 0.717) is 6.61 Å². The zero-order valence-electron chi connectivity index (χ0n) is 7.61. The van der Waals surface area contributed by atoms with Crippen molar-refractivity contribution in [3.63, 3.8) is 0 Å². The monoisotopic (exact) mass is 200 g/mol. The number of thiazole rings is 1. The summed E-state index contributed by atoms with van der Waals surface area (Å²) >= 11 is 1.51. The normalized spacial score (nSPS) is 12.2. The zero-order chi connectivity index (χ0) is 9.68. The predicted octanol–water partition coefficient (Wildman–Crippen LogP) is 1.95. The van der Waals surface area contributed by atoms with Gasteiger partial charge in [0.2, 0.25) is 0 Å². The second kappa shape index (κ2) is 4.81. The van der Waals surface area contributed by atoms with Crippen molar-refractivity contribution in [3.05, 3.63) is 16.6 Å². The number of aromatic nitrogens is 1. The van der Waals surface area contributed by atoms with Crippen LogP contribution >= 0.6 is 11.3 Å². The Bertz CT molecular complexity index is 261. The van der Waals surface area contributed by atoms with Crippen molar-refractivity contribution in [2.24, 2.45) is 0 Å². The van der Waals surface area contributed by atoms with Crippen molar-refractivity contribution in [1.82, 2.24) is 10.3 Å². The molecule has 0 saturated heterocycles. The SMILES string of the molecule is CCOC(=O)NC(C)c1nccs1. The molecule has 0 aromatic carbocycles. The summed E-state index contributed by atoms with van der Waals surface area (Å²) in [5, 5.41) is 5.43. The third kappa shape index (κ3) is 3.02. The molecule has 5 heteroatoms. The number of hydrogen-bond acceptors (Lipinski definition) is 4. The molecule has 0 radical (unpaired) electrons. The molecule has 1 N–H and O–H groups in total. The van der Waals surface area contributed by atoms with Crippen molar-refractivity contribution in [3.8, 4) is 0 Å². The fraction of sp³-hybridized carbons (Fsp3) is 0.500. The molecule has 0 saturated carbocycles. The van der Waals surface area contributed by atoms with Crippen LogP contribution in [-0.4, -0.2) is 17.7 Å². The van der Waals surface area contributed by atoms with E-state index in [4.69, 9.17) is 4.74 Å². The summed E-state index contributed by atoms with van der Waals surface area (Å²) in [6, 6.07) is -0.0842. The molecule has 1 atom stereocenters. The summed E-state index contributed by atoms with van der Waals surface area (Å²) in [6.07, 6.45) is 1.31. The second-order valence-electron chi connectivity index (χ2n) is 2.46. The highest BCUT2D eigenvalue weighted by Gasteiger charge is 2.11. The highest BCUT2D eigenvalue weighted by Crippen LogP contribution is 2.14. The first-order valence-electron chi connectivity index (χ1n) is 4.06. The molecule has 0 aliphatic carbocycles. The van der Waals surface area contributed by atoms with Gasteiger partial charge in [0.25, 0.3) is 0 Å². The van der Waals surface area contributed by atoms with Crippen LogP contribution in [0.2, 0.25) is 0 Å². The van der Waals surface area contributed by atoms with Crippen LogP contribution < -0.4 is 5.32 Å². The molecule has 0 aliphatic heterocycles. The Morgan fingerprint density at radius 3 is 3.15 bits per heavy atom. The number of nitrogens with zero attached hydrogens (tertiary/aromatic N) is 1. The number of rotatable bonds is 3. The van der Waals surface area contributed by atoms with E-state index in [-0.39, 0.29) is 6.04 Å². The molecule has 0 spiro atoms. The molecule has 0 aliphatic rings. The van der Waals surface area contributed by atoms with Gasteiger partial charge in [-0.15, -0.1) is 11.3 Å². The maximum atomic E-state index is 11.0. The minimum Gasteiger partial charge on any atom is -0.450 e. The molecular formula is C8H12N2O2S. The molecule has 0 fully saturated rings. The van der Waals surface area contributed by atoms with Crippen LogP contribution in [0.5, 0.6) is 0 Å². The first-order chi connectivity index (χ1) is 6.24. The highest BCUT2D eigenvalue weighted by molar-refractivity contribution is 7.09. The van der Waals surface area contributed by atoms with Gasteiger partial charge >= 0.3 is 6.09 Å². The van der Waals surface area contributed by atoms with Gasteiger partial charge in [0.15, 0.2) is 0 Å². The van der Waals surface area contributed by atoms with Crippen molar-refractivity contribution in [1.29, 1.82) is 0 Å². The number of carbonyl (C=O) groups excluding carboxylic acids is 1. The summed E-state index contributed by atoms with van der Waals surface area (Å²) in [5.74, 6) is 0.